The van der Waals surface area contributed by atoms with Gasteiger partial charge in [0, 0.05) is 56.1 Å². The number of nitrogens with one attached hydrogen (secondary N) is 1. The molecule has 0 saturated carbocycles. The fourth-order valence-corrected chi connectivity index (χ4v) is 3.86. The van der Waals surface area contributed by atoms with Crippen molar-refractivity contribution >= 4 is 35.1 Å². The number of hydrogen-bond donors (Lipinski definition) is 1. The number of hydrogen-bond acceptors (Lipinski definition) is 5. The molecule has 3 rings (SSSR count). The summed E-state index contributed by atoms with van der Waals surface area (Å²) in [4.78, 5) is 33.5. The van der Waals surface area contributed by atoms with Gasteiger partial charge < -0.3 is 15.1 Å². The van der Waals surface area contributed by atoms with Crippen molar-refractivity contribution in [3.05, 3.63) is 53.2 Å². The Morgan fingerprint density at radius 3 is 2.63 bits per heavy atom. The Kier molecular flexibility index (Phi) is 6.01. The summed E-state index contributed by atoms with van der Waals surface area (Å²) in [6, 6.07) is 8.95. The monoisotopic (exact) mass is 384 g/mol. The van der Waals surface area contributed by atoms with Gasteiger partial charge in [0.1, 0.15) is 5.82 Å². The van der Waals surface area contributed by atoms with Gasteiger partial charge in [-0.3, -0.25) is 9.59 Å². The molecule has 1 fully saturated rings. The molecule has 1 aliphatic rings. The third-order valence-electron chi connectivity index (χ3n) is 4.49. The van der Waals surface area contributed by atoms with Crippen molar-refractivity contribution in [3.63, 3.8) is 0 Å². The van der Waals surface area contributed by atoms with E-state index in [1.54, 1.807) is 29.3 Å². The Morgan fingerprint density at radius 1 is 1.19 bits per heavy atom. The van der Waals surface area contributed by atoms with Gasteiger partial charge in [0.25, 0.3) is 11.8 Å². The van der Waals surface area contributed by atoms with E-state index in [9.17, 15) is 9.59 Å². The van der Waals surface area contributed by atoms with Gasteiger partial charge >= 0.3 is 0 Å². The Hall–Kier alpha value is -2.54. The average Bonchev–Trinajstić information content (AvgIpc) is 2.69. The van der Waals surface area contributed by atoms with Crippen LogP contribution in [0.25, 0.3) is 0 Å². The van der Waals surface area contributed by atoms with Crippen LogP contribution in [0, 0.1) is 6.92 Å². The van der Waals surface area contributed by atoms with Crippen LogP contribution in [0.15, 0.2) is 36.5 Å². The molecule has 1 aromatic heterocycles. The Bertz CT molecular complexity index is 848. The van der Waals surface area contributed by atoms with Crippen LogP contribution in [0.5, 0.6) is 0 Å². The number of nitrogens with zero attached hydrogens (tertiary/aromatic N) is 3. The summed E-state index contributed by atoms with van der Waals surface area (Å²) in [7, 11) is 3.70. The van der Waals surface area contributed by atoms with Gasteiger partial charge in [0.15, 0.2) is 0 Å². The lowest BCUT2D eigenvalue weighted by atomic mass is 10.1. The molecule has 1 saturated heterocycles. The Balaban J connectivity index is 1.83. The molecule has 1 N–H and O–H groups in total. The van der Waals surface area contributed by atoms with Crippen molar-refractivity contribution in [2.75, 3.05) is 48.9 Å². The number of rotatable bonds is 4. The molecule has 1 aliphatic heterocycles. The zero-order valence-corrected chi connectivity index (χ0v) is 16.7. The first-order chi connectivity index (χ1) is 13.0. The maximum absolute atomic E-state index is 12.8. The minimum atomic E-state index is -0.242. The minimum absolute atomic E-state index is 0.0150. The lowest BCUT2D eigenvalue weighted by Gasteiger charge is -2.26. The summed E-state index contributed by atoms with van der Waals surface area (Å²) in [6.45, 7) is 3.44. The Labute approximate surface area is 164 Å². The van der Waals surface area contributed by atoms with E-state index in [2.05, 4.69) is 10.3 Å². The van der Waals surface area contributed by atoms with Crippen LogP contribution in [-0.2, 0) is 0 Å². The first kappa shape index (κ1) is 19.2. The van der Waals surface area contributed by atoms with E-state index in [0.717, 1.165) is 30.2 Å². The van der Waals surface area contributed by atoms with E-state index in [0.29, 0.717) is 22.6 Å². The molecular formula is C20H24N4O2S. The molecule has 1 aromatic carbocycles. The molecule has 7 heteroatoms. The van der Waals surface area contributed by atoms with Gasteiger partial charge in [0.05, 0.1) is 5.56 Å². The molecular weight excluding hydrogens is 360 g/mol. The number of carbonyl (C=O) groups excluding carboxylic acids is 2. The number of carbonyl (C=O) groups is 2. The highest BCUT2D eigenvalue weighted by Gasteiger charge is 2.20. The van der Waals surface area contributed by atoms with Crippen LogP contribution < -0.4 is 10.2 Å². The smallest absolute Gasteiger partial charge is 0.259 e. The van der Waals surface area contributed by atoms with Crippen LogP contribution in [0.2, 0.25) is 0 Å². The van der Waals surface area contributed by atoms with Crippen LogP contribution in [0.4, 0.5) is 11.5 Å². The molecule has 6 nitrogen and oxygen atoms in total. The van der Waals surface area contributed by atoms with E-state index >= 15 is 0 Å². The zero-order valence-electron chi connectivity index (χ0n) is 15.9. The number of anilines is 2. The van der Waals surface area contributed by atoms with Crippen LogP contribution in [0.3, 0.4) is 0 Å². The molecule has 0 spiro atoms. The van der Waals surface area contributed by atoms with Gasteiger partial charge in [-0.25, -0.2) is 4.98 Å². The third kappa shape index (κ3) is 4.42. The van der Waals surface area contributed by atoms with Gasteiger partial charge in [-0.2, -0.15) is 11.8 Å². The van der Waals surface area contributed by atoms with Crippen LogP contribution in [-0.4, -0.2) is 60.4 Å². The van der Waals surface area contributed by atoms with E-state index < -0.39 is 0 Å². The maximum atomic E-state index is 12.8. The molecule has 0 aliphatic carbocycles. The largest absolute Gasteiger partial charge is 0.362 e. The molecule has 2 heterocycles. The van der Waals surface area contributed by atoms with E-state index in [-0.39, 0.29) is 11.8 Å². The molecule has 2 amide bonds. The van der Waals surface area contributed by atoms with Crippen molar-refractivity contribution in [2.45, 2.75) is 6.92 Å². The summed E-state index contributed by atoms with van der Waals surface area (Å²) in [5, 5.41) is 2.94. The number of amides is 2. The van der Waals surface area contributed by atoms with Gasteiger partial charge in [-0.15, -0.1) is 0 Å². The number of thioether (sulfide) groups is 1. The summed E-state index contributed by atoms with van der Waals surface area (Å²) < 4.78 is 0. The number of aryl methyl sites for hydroxylation is 1. The number of pyridine rings is 1. The average molecular weight is 385 g/mol. The lowest BCUT2D eigenvalue weighted by molar-refractivity contribution is 0.0772. The molecule has 2 aromatic rings. The van der Waals surface area contributed by atoms with Gasteiger partial charge in [-0.05, 0) is 36.8 Å². The second-order valence-electron chi connectivity index (χ2n) is 6.66. The summed E-state index contributed by atoms with van der Waals surface area (Å²) >= 11 is 1.87. The predicted octanol–water partition coefficient (Wildman–Crippen LogP) is 2.90. The van der Waals surface area contributed by atoms with E-state index in [1.165, 1.54) is 0 Å². The third-order valence-corrected chi connectivity index (χ3v) is 5.43. The second-order valence-corrected chi connectivity index (χ2v) is 7.88. The van der Waals surface area contributed by atoms with Crippen molar-refractivity contribution in [1.82, 2.24) is 9.88 Å². The van der Waals surface area contributed by atoms with Gasteiger partial charge in [-0.1, -0.05) is 6.07 Å². The standard InChI is InChI=1S/C20H24N4O2S/c1-14-6-7-15(20(26)24-9-11-27-12-10-24)13-17(14)22-19(25)16-5-4-8-21-18(16)23(2)3/h4-8,13H,9-12H2,1-3H3,(H,22,25). The first-order valence-electron chi connectivity index (χ1n) is 8.88. The van der Waals surface area contributed by atoms with E-state index in [1.807, 2.05) is 49.8 Å². The minimum Gasteiger partial charge on any atom is -0.362 e. The van der Waals surface area contributed by atoms with Crippen molar-refractivity contribution in [2.24, 2.45) is 0 Å². The molecule has 0 radical (unpaired) electrons. The molecule has 0 bridgehead atoms. The normalized spacial score (nSPS) is 14.0. The van der Waals surface area contributed by atoms with Gasteiger partial charge in [0.2, 0.25) is 0 Å². The number of aromatic nitrogens is 1. The quantitative estimate of drug-likeness (QED) is 0.878. The predicted molar refractivity (Wildman–Crippen MR) is 111 cm³/mol. The molecule has 27 heavy (non-hydrogen) atoms. The first-order valence-corrected chi connectivity index (χ1v) is 10.0. The zero-order chi connectivity index (χ0) is 19.4. The van der Waals surface area contributed by atoms with Crippen molar-refractivity contribution in [3.8, 4) is 0 Å². The SMILES string of the molecule is Cc1ccc(C(=O)N2CCSCC2)cc1NC(=O)c1cccnc1N(C)C. The maximum Gasteiger partial charge on any atom is 0.259 e. The molecule has 0 unspecified atom stereocenters. The highest BCUT2D eigenvalue weighted by molar-refractivity contribution is 7.99. The van der Waals surface area contributed by atoms with Crippen LogP contribution >= 0.6 is 11.8 Å². The number of benzene rings is 1. The van der Waals surface area contributed by atoms with Crippen LogP contribution in [0.1, 0.15) is 26.3 Å². The molecule has 0 atom stereocenters. The summed E-state index contributed by atoms with van der Waals surface area (Å²) in [5.74, 6) is 2.31. The summed E-state index contributed by atoms with van der Waals surface area (Å²) in [5.41, 5.74) is 2.64. The summed E-state index contributed by atoms with van der Waals surface area (Å²) in [6.07, 6.45) is 1.66. The highest BCUT2D eigenvalue weighted by Crippen LogP contribution is 2.22. The van der Waals surface area contributed by atoms with Crippen molar-refractivity contribution < 1.29 is 9.59 Å². The fraction of sp³-hybridized carbons (Fsp3) is 0.350. The highest BCUT2D eigenvalue weighted by atomic mass is 32.2. The fourth-order valence-electron chi connectivity index (χ4n) is 2.96. The lowest BCUT2D eigenvalue weighted by Crippen LogP contribution is -2.37. The Morgan fingerprint density at radius 2 is 1.93 bits per heavy atom. The second kappa shape index (κ2) is 8.43. The topological polar surface area (TPSA) is 65.5 Å². The van der Waals surface area contributed by atoms with E-state index in [4.69, 9.17) is 0 Å². The molecule has 142 valence electrons. The van der Waals surface area contributed by atoms with Crippen molar-refractivity contribution in [1.29, 1.82) is 0 Å².